The van der Waals surface area contributed by atoms with Crippen LogP contribution in [0.1, 0.15) is 49.9 Å². The Bertz CT molecular complexity index is 1220. The number of nitrogens with two attached hydrogens (primary N) is 1. The molecule has 39 heavy (non-hydrogen) atoms. The number of hydrogen-bond acceptors (Lipinski definition) is 6. The van der Waals surface area contributed by atoms with Gasteiger partial charge in [0, 0.05) is 36.4 Å². The Morgan fingerprint density at radius 3 is 2.64 bits per heavy atom. The van der Waals surface area contributed by atoms with Crippen molar-refractivity contribution in [1.29, 1.82) is 5.41 Å². The maximum absolute atomic E-state index is 13.6. The topological polar surface area (TPSA) is 170 Å². The number of carbonyl (C=O) groups excluding carboxylic acids is 4. The number of hydrogen-bond donors (Lipinski definition) is 5. The van der Waals surface area contributed by atoms with Crippen LogP contribution in [0, 0.1) is 11.3 Å². The Kier molecular flexibility index (Phi) is 10.3. The fourth-order valence-corrected chi connectivity index (χ4v) is 4.65. The second-order valence-electron chi connectivity index (χ2n) is 9.97. The molecule has 0 spiro atoms. The lowest BCUT2D eigenvalue weighted by atomic mass is 10.0. The van der Waals surface area contributed by atoms with Crippen molar-refractivity contribution in [1.82, 2.24) is 25.8 Å². The number of benzene rings is 1. The fraction of sp³-hybridized carbons (Fsp3) is 0.481. The number of amides is 3. The van der Waals surface area contributed by atoms with Crippen LogP contribution in [-0.2, 0) is 14.4 Å². The molecule has 3 amide bonds. The van der Waals surface area contributed by atoms with Crippen molar-refractivity contribution in [2.24, 2.45) is 11.7 Å². The molecule has 1 aromatic heterocycles. The molecule has 1 aliphatic heterocycles. The molecule has 2 aromatic rings. The molecule has 0 saturated carbocycles. The number of nitrogens with zero attached hydrogens (tertiary/aromatic N) is 2. The van der Waals surface area contributed by atoms with Gasteiger partial charge >= 0.3 is 0 Å². The fourth-order valence-electron chi connectivity index (χ4n) is 4.65. The van der Waals surface area contributed by atoms with Gasteiger partial charge in [0.15, 0.2) is 11.7 Å². The molecule has 1 aliphatic rings. The van der Waals surface area contributed by atoms with Crippen LogP contribution in [0.4, 0.5) is 4.39 Å². The number of rotatable bonds is 12. The molecule has 1 aromatic carbocycles. The number of fused-ring (bicyclic) bond motifs is 1. The number of guanidine groups is 1. The Labute approximate surface area is 226 Å². The lowest BCUT2D eigenvalue weighted by Gasteiger charge is -2.31. The summed E-state index contributed by atoms with van der Waals surface area (Å²) in [7, 11) is 0. The molecule has 3 rings (SSSR count). The lowest BCUT2D eigenvalue weighted by molar-refractivity contribution is -0.141. The van der Waals surface area contributed by atoms with Gasteiger partial charge in [-0.1, -0.05) is 19.9 Å². The molecule has 3 atom stereocenters. The van der Waals surface area contributed by atoms with Crippen LogP contribution in [0.15, 0.2) is 36.7 Å². The first kappa shape index (κ1) is 29.5. The van der Waals surface area contributed by atoms with E-state index in [2.05, 4.69) is 20.9 Å². The van der Waals surface area contributed by atoms with Gasteiger partial charge in [0.05, 0.1) is 6.04 Å². The smallest absolute Gasteiger partial charge is 0.251 e. The highest BCUT2D eigenvalue weighted by molar-refractivity contribution is 6.01. The van der Waals surface area contributed by atoms with Gasteiger partial charge in [-0.15, -0.1) is 0 Å². The van der Waals surface area contributed by atoms with Crippen LogP contribution < -0.4 is 21.7 Å². The normalized spacial score (nSPS) is 16.5. The predicted molar refractivity (Wildman–Crippen MR) is 145 cm³/mol. The summed E-state index contributed by atoms with van der Waals surface area (Å²) < 4.78 is 13.2. The molecule has 210 valence electrons. The van der Waals surface area contributed by atoms with Crippen LogP contribution in [0.5, 0.6) is 0 Å². The Hall–Kier alpha value is -4.09. The highest BCUT2D eigenvalue weighted by Crippen LogP contribution is 2.22. The second-order valence-corrected chi connectivity index (χ2v) is 9.97. The van der Waals surface area contributed by atoms with Gasteiger partial charge in [0.2, 0.25) is 11.8 Å². The number of carbonyl (C=O) groups is 4. The Balaban J connectivity index is 1.68. The van der Waals surface area contributed by atoms with Crippen LogP contribution in [-0.4, -0.2) is 77.2 Å². The third-order valence-electron chi connectivity index (χ3n) is 6.78. The third-order valence-corrected chi connectivity index (χ3v) is 6.78. The zero-order valence-electron chi connectivity index (χ0n) is 22.2. The van der Waals surface area contributed by atoms with Crippen molar-refractivity contribution in [2.75, 3.05) is 19.8 Å². The van der Waals surface area contributed by atoms with E-state index >= 15 is 0 Å². The summed E-state index contributed by atoms with van der Waals surface area (Å²) in [6.45, 7) is 3.00. The molecule has 11 nitrogen and oxygen atoms in total. The molecule has 12 heteroatoms. The van der Waals surface area contributed by atoms with E-state index in [0.717, 1.165) is 10.8 Å². The van der Waals surface area contributed by atoms with Gasteiger partial charge in [0.1, 0.15) is 18.8 Å². The first-order valence-electron chi connectivity index (χ1n) is 13.0. The number of pyridine rings is 1. The average molecular weight is 542 g/mol. The van der Waals surface area contributed by atoms with Gasteiger partial charge in [-0.25, -0.2) is 4.39 Å². The van der Waals surface area contributed by atoms with E-state index in [1.54, 1.807) is 24.5 Å². The molecule has 6 N–H and O–H groups in total. The van der Waals surface area contributed by atoms with Crippen LogP contribution in [0.3, 0.4) is 0 Å². The van der Waals surface area contributed by atoms with Crippen molar-refractivity contribution in [2.45, 2.75) is 57.7 Å². The van der Waals surface area contributed by atoms with E-state index in [1.165, 1.54) is 4.90 Å². The van der Waals surface area contributed by atoms with Gasteiger partial charge in [-0.05, 0) is 55.2 Å². The first-order valence-corrected chi connectivity index (χ1v) is 13.0. The van der Waals surface area contributed by atoms with Crippen LogP contribution >= 0.6 is 0 Å². The highest BCUT2D eigenvalue weighted by atomic mass is 19.1. The quantitative estimate of drug-likeness (QED) is 0.153. The zero-order chi connectivity index (χ0) is 28.5. The summed E-state index contributed by atoms with van der Waals surface area (Å²) in [4.78, 5) is 57.5. The summed E-state index contributed by atoms with van der Waals surface area (Å²) in [6, 6.07) is 4.26. The third kappa shape index (κ3) is 7.71. The van der Waals surface area contributed by atoms with Crippen molar-refractivity contribution < 1.29 is 23.6 Å². The Morgan fingerprint density at radius 2 is 1.95 bits per heavy atom. The first-order chi connectivity index (χ1) is 18.6. The molecular formula is C27H36FN7O4. The van der Waals surface area contributed by atoms with Gasteiger partial charge in [0.25, 0.3) is 5.91 Å². The summed E-state index contributed by atoms with van der Waals surface area (Å²) in [5.41, 5.74) is 5.63. The minimum atomic E-state index is -1.23. The van der Waals surface area contributed by atoms with E-state index < -0.39 is 48.3 Å². The van der Waals surface area contributed by atoms with Crippen LogP contribution in [0.25, 0.3) is 10.8 Å². The van der Waals surface area contributed by atoms with Crippen molar-refractivity contribution >= 4 is 40.2 Å². The molecular weight excluding hydrogens is 505 g/mol. The van der Waals surface area contributed by atoms with E-state index in [9.17, 15) is 23.6 Å². The van der Waals surface area contributed by atoms with Crippen molar-refractivity contribution in [3.63, 3.8) is 0 Å². The molecule has 1 fully saturated rings. The standard InChI is InChI=1S/C27H36FN7O4/c1-16(2)23(34-24(37)18-8-7-17-9-11-31-15-19(17)13-18)26(39)35-12-4-6-21(35)25(38)33-20(22(36)14-28)5-3-10-32-27(29)30/h7-9,11,13,15-16,20-21,23H,3-6,10,12,14H2,1-2H3,(H,33,38)(H,34,37)(H4,29,30,32)/t20?,21-,23?/m0/s1. The van der Waals surface area contributed by atoms with Gasteiger partial charge < -0.3 is 26.6 Å². The largest absolute Gasteiger partial charge is 0.370 e. The van der Waals surface area contributed by atoms with E-state index in [1.807, 2.05) is 26.0 Å². The maximum atomic E-state index is 13.6. The number of alkyl halides is 1. The minimum absolute atomic E-state index is 0.154. The minimum Gasteiger partial charge on any atom is -0.370 e. The molecule has 2 unspecified atom stereocenters. The lowest BCUT2D eigenvalue weighted by Crippen LogP contribution is -2.56. The number of nitrogens with one attached hydrogen (secondary N) is 4. The summed E-state index contributed by atoms with van der Waals surface area (Å²) >= 11 is 0. The number of halogens is 1. The van der Waals surface area contributed by atoms with E-state index in [-0.39, 0.29) is 18.3 Å². The second kappa shape index (κ2) is 13.6. The molecule has 1 saturated heterocycles. The molecule has 0 aliphatic carbocycles. The average Bonchev–Trinajstić information content (AvgIpc) is 3.42. The van der Waals surface area contributed by atoms with Gasteiger partial charge in [-0.3, -0.25) is 29.6 Å². The maximum Gasteiger partial charge on any atom is 0.251 e. The van der Waals surface area contributed by atoms with Crippen LogP contribution in [0.2, 0.25) is 0 Å². The molecule has 0 bridgehead atoms. The monoisotopic (exact) mass is 541 g/mol. The predicted octanol–water partition coefficient (Wildman–Crippen LogP) is 1.27. The summed E-state index contributed by atoms with van der Waals surface area (Å²) in [6.07, 6.45) is 4.81. The number of ketones is 1. The zero-order valence-corrected chi connectivity index (χ0v) is 22.2. The van der Waals surface area contributed by atoms with E-state index in [0.29, 0.717) is 37.9 Å². The molecule has 0 radical (unpaired) electrons. The SMILES string of the molecule is CC(C)C(NC(=O)c1ccc2ccncc2c1)C(=O)N1CCC[C@H]1C(=O)NC(CCCNC(=N)N)C(=O)CF. The molecule has 2 heterocycles. The summed E-state index contributed by atoms with van der Waals surface area (Å²) in [5.74, 6) is -2.60. The summed E-state index contributed by atoms with van der Waals surface area (Å²) in [5, 5.41) is 16.9. The number of aromatic nitrogens is 1. The highest BCUT2D eigenvalue weighted by Gasteiger charge is 2.39. The van der Waals surface area contributed by atoms with E-state index in [4.69, 9.17) is 11.1 Å². The number of likely N-dealkylation sites (tertiary alicyclic amines) is 1. The van der Waals surface area contributed by atoms with Crippen molar-refractivity contribution in [3.05, 3.63) is 42.2 Å². The van der Waals surface area contributed by atoms with Crippen molar-refractivity contribution in [3.8, 4) is 0 Å². The number of Topliss-reactive ketones (excluding diaryl/α,β-unsaturated/α-hetero) is 1. The Morgan fingerprint density at radius 1 is 1.18 bits per heavy atom. The van der Waals surface area contributed by atoms with Gasteiger partial charge in [-0.2, -0.15) is 0 Å².